The zero-order chi connectivity index (χ0) is 34.0. The van der Waals surface area contributed by atoms with Crippen molar-refractivity contribution in [2.75, 3.05) is 18.4 Å². The average Bonchev–Trinajstić information content (AvgIpc) is 3.42. The molecule has 0 saturated carbocycles. The van der Waals surface area contributed by atoms with Gasteiger partial charge in [0.05, 0.1) is 6.42 Å². The quantitative estimate of drug-likeness (QED) is 0.295. The van der Waals surface area contributed by atoms with Gasteiger partial charge in [0.1, 0.15) is 24.0 Å². The van der Waals surface area contributed by atoms with Gasteiger partial charge in [-0.15, -0.1) is 0 Å². The van der Waals surface area contributed by atoms with Crippen LogP contribution < -0.4 is 10.6 Å². The fraction of sp³-hybridized carbons (Fsp3) is 0.452. The number of fused-ring (bicyclic) bond motifs is 2. The predicted molar refractivity (Wildman–Crippen MR) is 155 cm³/mol. The highest BCUT2D eigenvalue weighted by Gasteiger charge is 2.58. The van der Waals surface area contributed by atoms with Gasteiger partial charge in [-0.25, -0.2) is 18.9 Å². The van der Waals surface area contributed by atoms with Gasteiger partial charge in [0.2, 0.25) is 11.5 Å². The summed E-state index contributed by atoms with van der Waals surface area (Å²) in [6, 6.07) is 6.22. The van der Waals surface area contributed by atoms with E-state index >= 15 is 0 Å². The maximum atomic E-state index is 13.7. The Balaban J connectivity index is 1.43. The van der Waals surface area contributed by atoms with E-state index in [1.54, 1.807) is 26.8 Å². The first-order chi connectivity index (χ1) is 21.4. The van der Waals surface area contributed by atoms with Crippen molar-refractivity contribution in [2.45, 2.75) is 76.9 Å². The normalized spacial score (nSPS) is 18.2. The second-order valence-electron chi connectivity index (χ2n) is 12.0. The van der Waals surface area contributed by atoms with Crippen molar-refractivity contribution >= 4 is 35.6 Å². The summed E-state index contributed by atoms with van der Waals surface area (Å²) in [7, 11) is 0. The van der Waals surface area contributed by atoms with E-state index < -0.39 is 72.2 Å². The number of aryl methyl sites for hydroxylation is 1. The van der Waals surface area contributed by atoms with Crippen LogP contribution in [0.2, 0.25) is 0 Å². The number of halogens is 4. The first-order valence-electron chi connectivity index (χ1n) is 14.5. The summed E-state index contributed by atoms with van der Waals surface area (Å²) in [6.07, 6.45) is -5.77. The standard InChI is InChI=1S/C31H34F4N4O7/c1-18(31(33,34)35)38(16-19-5-7-21(32)8-6-19)24(40)17-39-26(42)30(46-28(39)44)13-11-20-15-22(9-10-23(20)30)37-27(43)36-14-12-25(41)45-29(2,3)4/h5-10,15,18H,11-14,16-17H2,1-4H3,(H2,36,37,43)/t18-,30+/m0/s1. The van der Waals surface area contributed by atoms with Gasteiger partial charge in [0.15, 0.2) is 0 Å². The number of hydrogen-bond acceptors (Lipinski definition) is 7. The van der Waals surface area contributed by atoms with Gasteiger partial charge in [-0.3, -0.25) is 14.4 Å². The highest BCUT2D eigenvalue weighted by molar-refractivity contribution is 6.06. The van der Waals surface area contributed by atoms with Gasteiger partial charge in [0.25, 0.3) is 5.91 Å². The summed E-state index contributed by atoms with van der Waals surface area (Å²) < 4.78 is 65.1. The fourth-order valence-electron chi connectivity index (χ4n) is 5.21. The number of urea groups is 1. The number of ether oxygens (including phenoxy) is 2. The summed E-state index contributed by atoms with van der Waals surface area (Å²) in [6.45, 7) is 4.43. The molecule has 2 atom stereocenters. The minimum atomic E-state index is -4.82. The molecular formula is C31H34F4N4O7. The molecule has 2 aromatic carbocycles. The maximum absolute atomic E-state index is 13.7. The van der Waals surface area contributed by atoms with Gasteiger partial charge < -0.3 is 25.0 Å². The summed E-state index contributed by atoms with van der Waals surface area (Å²) >= 11 is 0. The number of esters is 1. The molecule has 4 rings (SSSR count). The van der Waals surface area contributed by atoms with Crippen LogP contribution in [0, 0.1) is 5.82 Å². The zero-order valence-electron chi connectivity index (χ0n) is 25.6. The summed E-state index contributed by atoms with van der Waals surface area (Å²) in [5.41, 5.74) is -0.971. The average molecular weight is 651 g/mol. The number of hydrogen-bond donors (Lipinski definition) is 2. The fourth-order valence-corrected chi connectivity index (χ4v) is 5.21. The van der Waals surface area contributed by atoms with Gasteiger partial charge in [-0.2, -0.15) is 13.2 Å². The van der Waals surface area contributed by atoms with Crippen molar-refractivity contribution in [1.29, 1.82) is 0 Å². The lowest BCUT2D eigenvalue weighted by atomic mass is 9.94. The molecule has 0 radical (unpaired) electrons. The molecule has 1 saturated heterocycles. The molecule has 2 aromatic rings. The van der Waals surface area contributed by atoms with Crippen LogP contribution in [0.5, 0.6) is 0 Å². The van der Waals surface area contributed by atoms with Crippen molar-refractivity contribution in [3.8, 4) is 0 Å². The van der Waals surface area contributed by atoms with E-state index in [9.17, 15) is 41.5 Å². The number of nitrogens with one attached hydrogen (secondary N) is 2. The van der Waals surface area contributed by atoms with Gasteiger partial charge in [0, 0.05) is 30.8 Å². The molecule has 46 heavy (non-hydrogen) atoms. The Bertz CT molecular complexity index is 1520. The Hall–Kier alpha value is -4.69. The van der Waals surface area contributed by atoms with E-state index in [0.29, 0.717) is 26.6 Å². The van der Waals surface area contributed by atoms with Crippen molar-refractivity contribution in [1.82, 2.24) is 15.1 Å². The van der Waals surface area contributed by atoms with E-state index in [4.69, 9.17) is 9.47 Å². The third-order valence-corrected chi connectivity index (χ3v) is 7.47. The number of imide groups is 1. The minimum absolute atomic E-state index is 0.0153. The second kappa shape index (κ2) is 13.0. The molecule has 11 nitrogen and oxygen atoms in total. The van der Waals surface area contributed by atoms with Crippen LogP contribution in [-0.2, 0) is 42.4 Å². The number of amides is 5. The molecule has 0 aromatic heterocycles. The Morgan fingerprint density at radius 1 is 1.09 bits per heavy atom. The SMILES string of the molecule is C[C@H](N(Cc1ccc(F)cc1)C(=O)CN1C(=O)O[C@@]2(CCc3cc(NC(=O)NCCC(=O)OC(C)(C)C)ccc32)C1=O)C(F)(F)F. The van der Waals surface area contributed by atoms with E-state index in [2.05, 4.69) is 10.6 Å². The Labute approximate surface area is 262 Å². The molecule has 0 bridgehead atoms. The highest BCUT2D eigenvalue weighted by Crippen LogP contribution is 2.46. The van der Waals surface area contributed by atoms with Crippen LogP contribution in [0.4, 0.5) is 32.8 Å². The second-order valence-corrected chi connectivity index (χ2v) is 12.0. The number of carbonyl (C=O) groups is 5. The van der Waals surface area contributed by atoms with Crippen LogP contribution in [0.3, 0.4) is 0 Å². The van der Waals surface area contributed by atoms with Gasteiger partial charge in [-0.1, -0.05) is 18.2 Å². The first kappa shape index (κ1) is 34.2. The lowest BCUT2D eigenvalue weighted by molar-refractivity contribution is -0.187. The number of alkyl halides is 3. The monoisotopic (exact) mass is 650 g/mol. The van der Waals surface area contributed by atoms with Crippen molar-refractivity contribution in [3.05, 3.63) is 65.0 Å². The van der Waals surface area contributed by atoms with Crippen molar-refractivity contribution < 1.29 is 51.0 Å². The molecule has 5 amide bonds. The lowest BCUT2D eigenvalue weighted by Crippen LogP contribution is -2.51. The zero-order valence-corrected chi connectivity index (χ0v) is 25.6. The third-order valence-electron chi connectivity index (χ3n) is 7.47. The molecule has 2 aliphatic rings. The van der Waals surface area contributed by atoms with E-state index in [0.717, 1.165) is 19.1 Å². The van der Waals surface area contributed by atoms with Crippen LogP contribution in [0.15, 0.2) is 42.5 Å². The van der Waals surface area contributed by atoms with Gasteiger partial charge >= 0.3 is 24.3 Å². The number of nitrogens with zero attached hydrogens (tertiary/aromatic N) is 2. The molecule has 2 N–H and O–H groups in total. The number of benzene rings is 2. The summed E-state index contributed by atoms with van der Waals surface area (Å²) in [5.74, 6) is -3.14. The highest BCUT2D eigenvalue weighted by atomic mass is 19.4. The smallest absolute Gasteiger partial charge is 0.418 e. The van der Waals surface area contributed by atoms with Crippen LogP contribution in [0.25, 0.3) is 0 Å². The first-order valence-corrected chi connectivity index (χ1v) is 14.5. The van der Waals surface area contributed by atoms with Crippen LogP contribution in [0.1, 0.15) is 57.2 Å². The minimum Gasteiger partial charge on any atom is -0.460 e. The molecule has 15 heteroatoms. The van der Waals surface area contributed by atoms with Crippen molar-refractivity contribution in [3.63, 3.8) is 0 Å². The van der Waals surface area contributed by atoms with E-state index in [1.165, 1.54) is 24.3 Å². The van der Waals surface area contributed by atoms with Gasteiger partial charge in [-0.05, 0) is 69.5 Å². The molecule has 1 heterocycles. The lowest BCUT2D eigenvalue weighted by Gasteiger charge is -2.31. The van der Waals surface area contributed by atoms with Crippen LogP contribution in [-0.4, -0.2) is 70.6 Å². The molecule has 1 fully saturated rings. The topological polar surface area (TPSA) is 134 Å². The van der Waals surface area contributed by atoms with Crippen molar-refractivity contribution in [2.24, 2.45) is 0 Å². The van der Waals surface area contributed by atoms with E-state index in [-0.39, 0.29) is 31.4 Å². The van der Waals surface area contributed by atoms with Crippen LogP contribution >= 0.6 is 0 Å². The molecule has 248 valence electrons. The third kappa shape index (κ3) is 7.74. The maximum Gasteiger partial charge on any atom is 0.418 e. The Kier molecular flexibility index (Phi) is 9.64. The number of anilines is 1. The van der Waals surface area contributed by atoms with E-state index in [1.807, 2.05) is 0 Å². The number of rotatable bonds is 9. The Morgan fingerprint density at radius 3 is 2.39 bits per heavy atom. The largest absolute Gasteiger partial charge is 0.460 e. The summed E-state index contributed by atoms with van der Waals surface area (Å²) in [5, 5.41) is 5.16. The number of carbonyl (C=O) groups excluding carboxylic acids is 5. The molecule has 0 unspecified atom stereocenters. The Morgan fingerprint density at radius 2 is 1.76 bits per heavy atom. The molecular weight excluding hydrogens is 616 g/mol. The summed E-state index contributed by atoms with van der Waals surface area (Å²) in [4.78, 5) is 64.8. The molecule has 1 aliphatic carbocycles. The molecule has 1 spiro atoms. The predicted octanol–water partition coefficient (Wildman–Crippen LogP) is 4.78. The molecule has 1 aliphatic heterocycles.